The molecule has 0 bridgehead atoms. The predicted octanol–water partition coefficient (Wildman–Crippen LogP) is 1.76. The molecule has 1 aromatic carbocycles. The molecule has 2 amide bonds. The summed E-state index contributed by atoms with van der Waals surface area (Å²) in [6.07, 6.45) is 4.47. The van der Waals surface area contributed by atoms with Crippen molar-refractivity contribution in [3.63, 3.8) is 0 Å². The minimum Gasteiger partial charge on any atom is -0.370 e. The zero-order valence-electron chi connectivity index (χ0n) is 14.2. The Morgan fingerprint density at radius 3 is 2.88 bits per heavy atom. The van der Waals surface area contributed by atoms with Crippen molar-refractivity contribution >= 4 is 22.7 Å². The molecule has 26 heavy (non-hydrogen) atoms. The lowest BCUT2D eigenvalue weighted by Crippen LogP contribution is -2.31. The van der Waals surface area contributed by atoms with Crippen LogP contribution >= 0.6 is 0 Å². The summed E-state index contributed by atoms with van der Waals surface area (Å²) in [6.45, 7) is 1.13. The number of fused-ring (bicyclic) bond motifs is 1. The SMILES string of the molecule is NC(=O)CC1CCN(C(=O)c2ncccc2-n2ncc3ccccc32)C1. The van der Waals surface area contributed by atoms with Crippen molar-refractivity contribution in [3.05, 3.63) is 54.5 Å². The van der Waals surface area contributed by atoms with Gasteiger partial charge in [-0.3, -0.25) is 9.59 Å². The average Bonchev–Trinajstić information content (AvgIpc) is 3.27. The van der Waals surface area contributed by atoms with E-state index in [0.29, 0.717) is 30.9 Å². The minimum absolute atomic E-state index is 0.120. The van der Waals surface area contributed by atoms with Gasteiger partial charge in [0.25, 0.3) is 5.91 Å². The third kappa shape index (κ3) is 2.92. The van der Waals surface area contributed by atoms with E-state index in [9.17, 15) is 9.59 Å². The summed E-state index contributed by atoms with van der Waals surface area (Å²) in [5, 5.41) is 5.43. The molecule has 2 N–H and O–H groups in total. The van der Waals surface area contributed by atoms with Crippen LogP contribution in [0.2, 0.25) is 0 Å². The standard InChI is InChI=1S/C19H19N5O2/c20-17(25)10-13-7-9-23(12-13)19(26)18-16(6-3-8-21-18)24-15-5-2-1-4-14(15)11-22-24/h1-6,8,11,13H,7,9-10,12H2,(H2,20,25). The van der Waals surface area contributed by atoms with E-state index in [2.05, 4.69) is 10.1 Å². The molecule has 7 nitrogen and oxygen atoms in total. The number of rotatable bonds is 4. The van der Waals surface area contributed by atoms with Gasteiger partial charge in [-0.15, -0.1) is 0 Å². The number of likely N-dealkylation sites (tertiary alicyclic amines) is 1. The van der Waals surface area contributed by atoms with Crippen molar-refractivity contribution in [3.8, 4) is 5.69 Å². The Morgan fingerprint density at radius 1 is 1.19 bits per heavy atom. The van der Waals surface area contributed by atoms with Crippen molar-refractivity contribution in [2.45, 2.75) is 12.8 Å². The molecule has 4 rings (SSSR count). The molecule has 1 atom stereocenters. The summed E-state index contributed by atoms with van der Waals surface area (Å²) in [5.74, 6) is -0.355. The molecule has 3 heterocycles. The maximum atomic E-state index is 13.0. The number of aromatic nitrogens is 3. The van der Waals surface area contributed by atoms with Gasteiger partial charge in [0.1, 0.15) is 0 Å². The minimum atomic E-state index is -0.328. The molecular formula is C19H19N5O2. The summed E-state index contributed by atoms with van der Waals surface area (Å²) in [5.41, 5.74) is 7.21. The molecular weight excluding hydrogens is 330 g/mol. The number of para-hydroxylation sites is 1. The van der Waals surface area contributed by atoms with Crippen LogP contribution in [0.25, 0.3) is 16.6 Å². The average molecular weight is 349 g/mol. The van der Waals surface area contributed by atoms with E-state index in [1.54, 1.807) is 28.0 Å². The number of carbonyl (C=O) groups is 2. The molecule has 0 spiro atoms. The van der Waals surface area contributed by atoms with Gasteiger partial charge in [-0.05, 0) is 30.5 Å². The van der Waals surface area contributed by atoms with Crippen LogP contribution in [-0.4, -0.2) is 44.6 Å². The number of benzene rings is 1. The summed E-state index contributed by atoms with van der Waals surface area (Å²) >= 11 is 0. The molecule has 7 heteroatoms. The van der Waals surface area contributed by atoms with E-state index in [1.165, 1.54) is 0 Å². The second-order valence-corrected chi connectivity index (χ2v) is 6.56. The van der Waals surface area contributed by atoms with Gasteiger partial charge in [0, 0.05) is 31.1 Å². The van der Waals surface area contributed by atoms with Crippen molar-refractivity contribution in [2.24, 2.45) is 11.7 Å². The highest BCUT2D eigenvalue weighted by molar-refractivity contribution is 5.96. The zero-order valence-corrected chi connectivity index (χ0v) is 14.2. The Kier molecular flexibility index (Phi) is 4.12. The van der Waals surface area contributed by atoms with Crippen LogP contribution in [0, 0.1) is 5.92 Å². The first-order valence-electron chi connectivity index (χ1n) is 8.59. The molecule has 2 aromatic heterocycles. The first-order valence-corrected chi connectivity index (χ1v) is 8.59. The van der Waals surface area contributed by atoms with Gasteiger partial charge in [0.2, 0.25) is 5.91 Å². The first kappa shape index (κ1) is 16.3. The van der Waals surface area contributed by atoms with Gasteiger partial charge in [-0.25, -0.2) is 9.67 Å². The molecule has 3 aromatic rings. The van der Waals surface area contributed by atoms with Gasteiger partial charge < -0.3 is 10.6 Å². The largest absolute Gasteiger partial charge is 0.370 e. The molecule has 1 aliphatic rings. The maximum Gasteiger partial charge on any atom is 0.274 e. The Hall–Kier alpha value is -3.22. The van der Waals surface area contributed by atoms with Gasteiger partial charge in [0.15, 0.2) is 5.69 Å². The summed E-state index contributed by atoms with van der Waals surface area (Å²) in [7, 11) is 0. The van der Waals surface area contributed by atoms with Crippen molar-refractivity contribution in [2.75, 3.05) is 13.1 Å². The van der Waals surface area contributed by atoms with Gasteiger partial charge in [-0.1, -0.05) is 18.2 Å². The first-order chi connectivity index (χ1) is 12.6. The summed E-state index contributed by atoms with van der Waals surface area (Å²) in [4.78, 5) is 30.2. The van der Waals surface area contributed by atoms with Crippen LogP contribution < -0.4 is 5.73 Å². The van der Waals surface area contributed by atoms with E-state index in [1.807, 2.05) is 30.3 Å². The number of pyridine rings is 1. The van der Waals surface area contributed by atoms with E-state index in [4.69, 9.17) is 5.73 Å². The lowest BCUT2D eigenvalue weighted by Gasteiger charge is -2.18. The highest BCUT2D eigenvalue weighted by Crippen LogP contribution is 2.24. The fourth-order valence-corrected chi connectivity index (χ4v) is 3.51. The molecule has 1 unspecified atom stereocenters. The number of nitrogens with two attached hydrogens (primary N) is 1. The zero-order chi connectivity index (χ0) is 18.1. The number of hydrogen-bond donors (Lipinski definition) is 1. The quantitative estimate of drug-likeness (QED) is 0.776. The monoisotopic (exact) mass is 349 g/mol. The molecule has 0 saturated carbocycles. The Morgan fingerprint density at radius 2 is 2.04 bits per heavy atom. The number of carbonyl (C=O) groups excluding carboxylic acids is 2. The fourth-order valence-electron chi connectivity index (χ4n) is 3.51. The summed E-state index contributed by atoms with van der Waals surface area (Å²) < 4.78 is 1.74. The maximum absolute atomic E-state index is 13.0. The molecule has 1 aliphatic heterocycles. The normalized spacial score (nSPS) is 16.9. The fraction of sp³-hybridized carbons (Fsp3) is 0.263. The van der Waals surface area contributed by atoms with Crippen LogP contribution in [0.3, 0.4) is 0 Å². The van der Waals surface area contributed by atoms with Crippen LogP contribution in [-0.2, 0) is 4.79 Å². The van der Waals surface area contributed by atoms with Gasteiger partial charge in [-0.2, -0.15) is 5.10 Å². The van der Waals surface area contributed by atoms with E-state index < -0.39 is 0 Å². The van der Waals surface area contributed by atoms with Crippen molar-refractivity contribution in [1.82, 2.24) is 19.7 Å². The van der Waals surface area contributed by atoms with Crippen LogP contribution in [0.1, 0.15) is 23.3 Å². The van der Waals surface area contributed by atoms with Gasteiger partial charge >= 0.3 is 0 Å². The third-order valence-electron chi connectivity index (χ3n) is 4.76. The van der Waals surface area contributed by atoms with Crippen LogP contribution in [0.5, 0.6) is 0 Å². The highest BCUT2D eigenvalue weighted by Gasteiger charge is 2.30. The number of nitrogens with zero attached hydrogens (tertiary/aromatic N) is 4. The number of primary amides is 1. The molecule has 1 saturated heterocycles. The second kappa shape index (κ2) is 6.59. The van der Waals surface area contributed by atoms with Crippen molar-refractivity contribution < 1.29 is 9.59 Å². The number of amides is 2. The topological polar surface area (TPSA) is 94.1 Å². The van der Waals surface area contributed by atoms with E-state index >= 15 is 0 Å². The lowest BCUT2D eigenvalue weighted by atomic mass is 10.1. The molecule has 0 aliphatic carbocycles. The van der Waals surface area contributed by atoms with Gasteiger partial charge in [0.05, 0.1) is 17.4 Å². The Labute approximate surface area is 150 Å². The summed E-state index contributed by atoms with van der Waals surface area (Å²) in [6, 6.07) is 11.5. The van der Waals surface area contributed by atoms with E-state index in [-0.39, 0.29) is 17.7 Å². The lowest BCUT2D eigenvalue weighted by molar-refractivity contribution is -0.118. The third-order valence-corrected chi connectivity index (χ3v) is 4.76. The predicted molar refractivity (Wildman–Crippen MR) is 96.7 cm³/mol. The van der Waals surface area contributed by atoms with E-state index in [0.717, 1.165) is 17.3 Å². The highest BCUT2D eigenvalue weighted by atomic mass is 16.2. The molecule has 0 radical (unpaired) electrons. The van der Waals surface area contributed by atoms with Crippen LogP contribution in [0.4, 0.5) is 0 Å². The smallest absolute Gasteiger partial charge is 0.274 e. The second-order valence-electron chi connectivity index (χ2n) is 6.56. The number of hydrogen-bond acceptors (Lipinski definition) is 4. The molecule has 132 valence electrons. The van der Waals surface area contributed by atoms with Crippen molar-refractivity contribution in [1.29, 1.82) is 0 Å². The Balaban J connectivity index is 1.66. The van der Waals surface area contributed by atoms with Crippen LogP contribution in [0.15, 0.2) is 48.8 Å². The Bertz CT molecular complexity index is 981. The molecule has 1 fully saturated rings.